The Kier molecular flexibility index (Phi) is 5.67. The molecule has 146 valence electrons. The maximum absolute atomic E-state index is 12.9. The molecule has 4 rings (SSSR count). The third kappa shape index (κ3) is 4.05. The van der Waals surface area contributed by atoms with Crippen molar-refractivity contribution in [2.24, 2.45) is 0 Å². The van der Waals surface area contributed by atoms with Crippen LogP contribution in [0.1, 0.15) is 18.1 Å². The van der Waals surface area contributed by atoms with Crippen LogP contribution in [0.25, 0.3) is 16.8 Å². The highest BCUT2D eigenvalue weighted by Crippen LogP contribution is 2.36. The van der Waals surface area contributed by atoms with Gasteiger partial charge in [0.1, 0.15) is 5.75 Å². The summed E-state index contributed by atoms with van der Waals surface area (Å²) in [4.78, 5) is 27.2. The summed E-state index contributed by atoms with van der Waals surface area (Å²) in [5.41, 5.74) is 1.93. The number of carbonyl (C=O) groups is 2. The Morgan fingerprint density at radius 2 is 1.72 bits per heavy atom. The summed E-state index contributed by atoms with van der Waals surface area (Å²) in [6.07, 6.45) is 2.44. The lowest BCUT2D eigenvalue weighted by atomic mass is 10.0. The van der Waals surface area contributed by atoms with Crippen LogP contribution in [0, 0.1) is 0 Å². The number of benzene rings is 3. The van der Waals surface area contributed by atoms with Gasteiger partial charge < -0.3 is 4.74 Å². The van der Waals surface area contributed by atoms with Gasteiger partial charge in [-0.25, -0.2) is 0 Å². The van der Waals surface area contributed by atoms with Crippen LogP contribution in [-0.4, -0.2) is 29.2 Å². The molecule has 3 aromatic carbocycles. The number of thioether (sulfide) groups is 1. The van der Waals surface area contributed by atoms with E-state index in [-0.39, 0.29) is 11.1 Å². The molecule has 0 N–H and O–H groups in total. The second kappa shape index (κ2) is 8.53. The monoisotopic (exact) mass is 403 g/mol. The summed E-state index contributed by atoms with van der Waals surface area (Å²) in [7, 11) is 0. The molecule has 1 fully saturated rings. The van der Waals surface area contributed by atoms with Gasteiger partial charge in [-0.3, -0.25) is 14.5 Å². The Labute approximate surface area is 174 Å². The lowest BCUT2D eigenvalue weighted by molar-refractivity contribution is -0.122. The minimum Gasteiger partial charge on any atom is -0.493 e. The van der Waals surface area contributed by atoms with Crippen molar-refractivity contribution in [2.75, 3.05) is 13.2 Å². The Bertz CT molecular complexity index is 1090. The standard InChI is InChI=1S/C24H21NO3S/c1-2-28-21-13-12-18-10-6-7-11-19(18)20(21)16-22-23(26)25(24(27)29-22)15-14-17-8-4-3-5-9-17/h3-13,16H,2,14-15H2,1H3/b22-16-. The van der Waals surface area contributed by atoms with Crippen molar-refractivity contribution in [3.63, 3.8) is 0 Å². The highest BCUT2D eigenvalue weighted by atomic mass is 32.2. The van der Waals surface area contributed by atoms with E-state index in [9.17, 15) is 9.59 Å². The molecule has 0 atom stereocenters. The summed E-state index contributed by atoms with van der Waals surface area (Å²) in [5.74, 6) is 0.466. The summed E-state index contributed by atoms with van der Waals surface area (Å²) in [6.45, 7) is 2.83. The van der Waals surface area contributed by atoms with Crippen LogP contribution in [-0.2, 0) is 11.2 Å². The van der Waals surface area contributed by atoms with Gasteiger partial charge in [-0.15, -0.1) is 0 Å². The van der Waals surface area contributed by atoms with Gasteiger partial charge in [0.15, 0.2) is 0 Å². The van der Waals surface area contributed by atoms with E-state index in [2.05, 4.69) is 0 Å². The van der Waals surface area contributed by atoms with E-state index in [1.807, 2.05) is 73.7 Å². The largest absolute Gasteiger partial charge is 0.493 e. The first-order chi connectivity index (χ1) is 14.2. The van der Waals surface area contributed by atoms with E-state index < -0.39 is 0 Å². The average molecular weight is 404 g/mol. The summed E-state index contributed by atoms with van der Waals surface area (Å²) >= 11 is 0.990. The third-order valence-electron chi connectivity index (χ3n) is 4.85. The number of carbonyl (C=O) groups excluding carboxylic acids is 2. The molecular formula is C24H21NO3S. The zero-order chi connectivity index (χ0) is 20.2. The number of amides is 2. The normalized spacial score (nSPS) is 15.5. The van der Waals surface area contributed by atoms with Crippen LogP contribution in [0.3, 0.4) is 0 Å². The minimum absolute atomic E-state index is 0.227. The molecule has 3 aromatic rings. The predicted octanol–water partition coefficient (Wildman–Crippen LogP) is 5.52. The summed E-state index contributed by atoms with van der Waals surface area (Å²) in [6, 6.07) is 21.7. The molecule has 0 radical (unpaired) electrons. The van der Waals surface area contributed by atoms with Crippen LogP contribution in [0.15, 0.2) is 71.6 Å². The molecule has 5 heteroatoms. The van der Waals surface area contributed by atoms with Crippen molar-refractivity contribution >= 4 is 39.8 Å². The van der Waals surface area contributed by atoms with E-state index in [0.29, 0.717) is 30.2 Å². The number of imide groups is 1. The van der Waals surface area contributed by atoms with Gasteiger partial charge in [-0.2, -0.15) is 0 Å². The third-order valence-corrected chi connectivity index (χ3v) is 5.75. The highest BCUT2D eigenvalue weighted by Gasteiger charge is 2.35. The second-order valence-corrected chi connectivity index (χ2v) is 7.69. The zero-order valence-electron chi connectivity index (χ0n) is 16.1. The van der Waals surface area contributed by atoms with Crippen molar-refractivity contribution in [1.82, 2.24) is 4.90 Å². The molecule has 0 saturated carbocycles. The van der Waals surface area contributed by atoms with Crippen molar-refractivity contribution in [3.05, 3.63) is 82.8 Å². The highest BCUT2D eigenvalue weighted by molar-refractivity contribution is 8.18. The van der Waals surface area contributed by atoms with E-state index in [1.165, 1.54) is 4.90 Å². The lowest BCUT2D eigenvalue weighted by Crippen LogP contribution is -2.30. The smallest absolute Gasteiger partial charge is 0.293 e. The predicted molar refractivity (Wildman–Crippen MR) is 118 cm³/mol. The van der Waals surface area contributed by atoms with Gasteiger partial charge in [0.2, 0.25) is 0 Å². The number of fused-ring (bicyclic) bond motifs is 1. The number of ether oxygens (including phenoxy) is 1. The molecule has 1 saturated heterocycles. The number of hydrogen-bond acceptors (Lipinski definition) is 4. The van der Waals surface area contributed by atoms with E-state index >= 15 is 0 Å². The van der Waals surface area contributed by atoms with Crippen LogP contribution >= 0.6 is 11.8 Å². The molecule has 0 spiro atoms. The van der Waals surface area contributed by atoms with Gasteiger partial charge in [0.25, 0.3) is 11.1 Å². The van der Waals surface area contributed by atoms with Gasteiger partial charge >= 0.3 is 0 Å². The van der Waals surface area contributed by atoms with Crippen LogP contribution in [0.5, 0.6) is 5.75 Å². The van der Waals surface area contributed by atoms with Gasteiger partial charge in [0, 0.05) is 12.1 Å². The fraction of sp³-hybridized carbons (Fsp3) is 0.167. The molecule has 2 amide bonds. The molecule has 0 unspecified atom stereocenters. The van der Waals surface area contributed by atoms with Crippen molar-refractivity contribution in [2.45, 2.75) is 13.3 Å². The van der Waals surface area contributed by atoms with Crippen molar-refractivity contribution in [3.8, 4) is 5.75 Å². The van der Waals surface area contributed by atoms with Gasteiger partial charge in [0.05, 0.1) is 11.5 Å². The fourth-order valence-electron chi connectivity index (χ4n) is 3.42. The Hall–Kier alpha value is -3.05. The number of hydrogen-bond donors (Lipinski definition) is 0. The topological polar surface area (TPSA) is 46.6 Å². The average Bonchev–Trinajstić information content (AvgIpc) is 3.01. The first kappa shape index (κ1) is 19.3. The fourth-order valence-corrected chi connectivity index (χ4v) is 4.26. The molecule has 1 aliphatic rings. The van der Waals surface area contributed by atoms with Crippen LogP contribution < -0.4 is 4.74 Å². The SMILES string of the molecule is CCOc1ccc2ccccc2c1/C=C1\SC(=O)N(CCc2ccccc2)C1=O. The molecule has 1 aliphatic heterocycles. The summed E-state index contributed by atoms with van der Waals surface area (Å²) < 4.78 is 5.79. The van der Waals surface area contributed by atoms with Crippen LogP contribution in [0.2, 0.25) is 0 Å². The molecular weight excluding hydrogens is 382 g/mol. The molecule has 29 heavy (non-hydrogen) atoms. The number of nitrogens with zero attached hydrogens (tertiary/aromatic N) is 1. The van der Waals surface area contributed by atoms with Gasteiger partial charge in [-0.1, -0.05) is 60.7 Å². The zero-order valence-corrected chi connectivity index (χ0v) is 16.9. The maximum Gasteiger partial charge on any atom is 0.293 e. The molecule has 4 nitrogen and oxygen atoms in total. The van der Waals surface area contributed by atoms with Crippen LogP contribution in [0.4, 0.5) is 4.79 Å². The molecule has 0 bridgehead atoms. The summed E-state index contributed by atoms with van der Waals surface area (Å²) in [5, 5.41) is 1.83. The second-order valence-electron chi connectivity index (χ2n) is 6.70. The molecule has 0 aliphatic carbocycles. The number of rotatable bonds is 6. The first-order valence-electron chi connectivity index (χ1n) is 9.61. The van der Waals surface area contributed by atoms with E-state index in [0.717, 1.165) is 33.7 Å². The molecule has 1 heterocycles. The molecule has 0 aromatic heterocycles. The van der Waals surface area contributed by atoms with Gasteiger partial charge in [-0.05, 0) is 53.6 Å². The van der Waals surface area contributed by atoms with E-state index in [1.54, 1.807) is 6.08 Å². The Morgan fingerprint density at radius 1 is 0.966 bits per heavy atom. The van der Waals surface area contributed by atoms with Crippen molar-refractivity contribution in [1.29, 1.82) is 0 Å². The first-order valence-corrected chi connectivity index (χ1v) is 10.4. The maximum atomic E-state index is 12.9. The minimum atomic E-state index is -0.244. The Morgan fingerprint density at radius 3 is 2.52 bits per heavy atom. The lowest BCUT2D eigenvalue weighted by Gasteiger charge is -2.13. The van der Waals surface area contributed by atoms with Crippen molar-refractivity contribution < 1.29 is 14.3 Å². The quantitative estimate of drug-likeness (QED) is 0.509. The Balaban J connectivity index is 1.64. The van der Waals surface area contributed by atoms with E-state index in [4.69, 9.17) is 4.74 Å².